The summed E-state index contributed by atoms with van der Waals surface area (Å²) in [6.45, 7) is 3.70. The predicted molar refractivity (Wildman–Crippen MR) is 73.9 cm³/mol. The van der Waals surface area contributed by atoms with Crippen LogP contribution in [0.5, 0.6) is 0 Å². The van der Waals surface area contributed by atoms with Gasteiger partial charge in [-0.3, -0.25) is 9.48 Å². The molecule has 106 valence electrons. The third-order valence-corrected chi connectivity index (χ3v) is 3.93. The van der Waals surface area contributed by atoms with Crippen LogP contribution in [0.2, 0.25) is 0 Å². The minimum Gasteiger partial charge on any atom is -0.385 e. The van der Waals surface area contributed by atoms with Crippen LogP contribution in [0.4, 0.5) is 0 Å². The minimum absolute atomic E-state index is 0.0343. The largest absolute Gasteiger partial charge is 0.385 e. The number of carbonyl (C=O) groups excluding carboxylic acids is 1. The number of aromatic nitrogens is 2. The maximum absolute atomic E-state index is 11.8. The van der Waals surface area contributed by atoms with Crippen molar-refractivity contribution in [2.45, 2.75) is 64.5 Å². The van der Waals surface area contributed by atoms with Gasteiger partial charge in [0.1, 0.15) is 6.10 Å². The van der Waals surface area contributed by atoms with E-state index in [0.717, 1.165) is 5.69 Å². The molecule has 0 aromatic carbocycles. The Kier molecular flexibility index (Phi) is 4.75. The van der Waals surface area contributed by atoms with Crippen LogP contribution in [0.25, 0.3) is 0 Å². The van der Waals surface area contributed by atoms with Gasteiger partial charge in [0, 0.05) is 6.20 Å². The lowest BCUT2D eigenvalue weighted by Crippen LogP contribution is -2.27. The number of Topliss-reactive ketones (excluding diaryl/α,β-unsaturated/α-hetero) is 1. The van der Waals surface area contributed by atoms with Gasteiger partial charge in [0.05, 0.1) is 18.2 Å². The first kappa shape index (κ1) is 14.3. The first-order valence-corrected chi connectivity index (χ1v) is 7.32. The third kappa shape index (κ3) is 3.66. The van der Waals surface area contributed by atoms with Crippen LogP contribution in [0.1, 0.15) is 57.7 Å². The summed E-state index contributed by atoms with van der Waals surface area (Å²) in [4.78, 5) is 11.8. The Hall–Kier alpha value is -1.16. The normalized spacial score (nSPS) is 18.7. The van der Waals surface area contributed by atoms with Crippen LogP contribution in [0.3, 0.4) is 0 Å². The van der Waals surface area contributed by atoms with Crippen LogP contribution in [0, 0.1) is 5.92 Å². The monoisotopic (exact) mass is 264 g/mol. The highest BCUT2D eigenvalue weighted by Gasteiger charge is 2.21. The van der Waals surface area contributed by atoms with Gasteiger partial charge >= 0.3 is 0 Å². The van der Waals surface area contributed by atoms with Crippen molar-refractivity contribution in [3.63, 3.8) is 0 Å². The molecule has 1 aliphatic carbocycles. The molecule has 0 amide bonds. The van der Waals surface area contributed by atoms with E-state index >= 15 is 0 Å². The third-order valence-electron chi connectivity index (χ3n) is 3.93. The van der Waals surface area contributed by atoms with Gasteiger partial charge in [-0.05, 0) is 24.8 Å². The van der Waals surface area contributed by atoms with Gasteiger partial charge in [-0.15, -0.1) is 0 Å². The van der Waals surface area contributed by atoms with Gasteiger partial charge in [-0.25, -0.2) is 0 Å². The van der Waals surface area contributed by atoms with Crippen LogP contribution in [-0.2, 0) is 11.2 Å². The second-order valence-corrected chi connectivity index (χ2v) is 5.91. The highest BCUT2D eigenvalue weighted by atomic mass is 16.3. The average molecular weight is 264 g/mol. The molecule has 4 heteroatoms. The Labute approximate surface area is 114 Å². The lowest BCUT2D eigenvalue weighted by Gasteiger charge is -2.21. The van der Waals surface area contributed by atoms with Gasteiger partial charge < -0.3 is 5.11 Å². The number of hydrogen-bond donors (Lipinski definition) is 1. The summed E-state index contributed by atoms with van der Waals surface area (Å²) >= 11 is 0. The van der Waals surface area contributed by atoms with Gasteiger partial charge in [0.15, 0.2) is 5.78 Å². The van der Waals surface area contributed by atoms with E-state index in [2.05, 4.69) is 5.10 Å². The summed E-state index contributed by atoms with van der Waals surface area (Å²) in [5.74, 6) is -0.170. The molecule has 0 aliphatic heterocycles. The Bertz CT molecular complexity index is 420. The van der Waals surface area contributed by atoms with Gasteiger partial charge in [0.25, 0.3) is 0 Å². The smallest absolute Gasteiger partial charge is 0.167 e. The second-order valence-electron chi connectivity index (χ2n) is 5.91. The lowest BCUT2D eigenvalue weighted by molar-refractivity contribution is -0.128. The molecule has 4 nitrogen and oxygen atoms in total. The molecular weight excluding hydrogens is 240 g/mol. The molecule has 1 heterocycles. The Balaban J connectivity index is 1.95. The van der Waals surface area contributed by atoms with Crippen molar-refractivity contribution in [2.24, 2.45) is 5.92 Å². The molecule has 2 rings (SSSR count). The standard InChI is InChI=1S/C15H24N2O2/c1-11(2)15(19)14(18)10-12-8-9-17(16-12)13-6-4-3-5-7-13/h8-9,11,13,15,19H,3-7,10H2,1-2H3. The van der Waals surface area contributed by atoms with E-state index in [1.807, 2.05) is 30.8 Å². The molecular formula is C15H24N2O2. The van der Waals surface area contributed by atoms with Crippen LogP contribution in [0.15, 0.2) is 12.3 Å². The fourth-order valence-electron chi connectivity index (χ4n) is 2.68. The molecule has 1 fully saturated rings. The number of nitrogens with zero attached hydrogens (tertiary/aromatic N) is 2. The predicted octanol–water partition coefficient (Wildman–Crippen LogP) is 2.52. The molecule has 1 N–H and O–H groups in total. The van der Waals surface area contributed by atoms with Crippen molar-refractivity contribution >= 4 is 5.78 Å². The maximum Gasteiger partial charge on any atom is 0.167 e. The summed E-state index contributed by atoms with van der Waals surface area (Å²) in [7, 11) is 0. The quantitative estimate of drug-likeness (QED) is 0.889. The SMILES string of the molecule is CC(C)C(O)C(=O)Cc1ccn(C2CCCCC2)n1. The Morgan fingerprint density at radius 1 is 1.42 bits per heavy atom. The molecule has 0 radical (unpaired) electrons. The highest BCUT2D eigenvalue weighted by Crippen LogP contribution is 2.27. The van der Waals surface area contributed by atoms with E-state index in [1.165, 1.54) is 32.1 Å². The van der Waals surface area contributed by atoms with E-state index in [0.29, 0.717) is 6.04 Å². The van der Waals surface area contributed by atoms with Crippen molar-refractivity contribution in [3.8, 4) is 0 Å². The average Bonchev–Trinajstić information content (AvgIpc) is 2.87. The van der Waals surface area contributed by atoms with Gasteiger partial charge in [-0.1, -0.05) is 33.1 Å². The maximum atomic E-state index is 11.8. The Morgan fingerprint density at radius 3 is 2.74 bits per heavy atom. The number of hydrogen-bond acceptors (Lipinski definition) is 3. The molecule has 0 saturated heterocycles. The van der Waals surface area contributed by atoms with Crippen molar-refractivity contribution in [3.05, 3.63) is 18.0 Å². The molecule has 1 aromatic heterocycles. The van der Waals surface area contributed by atoms with Crippen LogP contribution in [-0.4, -0.2) is 26.8 Å². The second kappa shape index (κ2) is 6.33. The zero-order valence-electron chi connectivity index (χ0n) is 11.9. The van der Waals surface area contributed by atoms with E-state index < -0.39 is 6.10 Å². The van der Waals surface area contributed by atoms with E-state index in [1.54, 1.807) is 0 Å². The Morgan fingerprint density at radius 2 is 2.11 bits per heavy atom. The molecule has 0 spiro atoms. The molecule has 19 heavy (non-hydrogen) atoms. The number of aliphatic hydroxyl groups is 1. The van der Waals surface area contributed by atoms with Crippen molar-refractivity contribution in [1.82, 2.24) is 9.78 Å². The first-order valence-electron chi connectivity index (χ1n) is 7.32. The number of carbonyl (C=O) groups is 1. The zero-order valence-corrected chi connectivity index (χ0v) is 11.9. The van der Waals surface area contributed by atoms with Crippen molar-refractivity contribution in [1.29, 1.82) is 0 Å². The van der Waals surface area contributed by atoms with Gasteiger partial charge in [0.2, 0.25) is 0 Å². The summed E-state index contributed by atoms with van der Waals surface area (Å²) < 4.78 is 2.00. The summed E-state index contributed by atoms with van der Waals surface area (Å²) in [5, 5.41) is 14.2. The van der Waals surface area contributed by atoms with Crippen molar-refractivity contribution < 1.29 is 9.90 Å². The lowest BCUT2D eigenvalue weighted by atomic mass is 9.96. The molecule has 1 aliphatic rings. The first-order chi connectivity index (χ1) is 9.08. The molecule has 1 saturated carbocycles. The minimum atomic E-state index is -0.875. The molecule has 1 atom stereocenters. The number of aliphatic hydroxyl groups excluding tert-OH is 1. The zero-order chi connectivity index (χ0) is 13.8. The molecule has 0 bridgehead atoms. The van der Waals surface area contributed by atoms with Crippen LogP contribution < -0.4 is 0 Å². The fraction of sp³-hybridized carbons (Fsp3) is 0.733. The van der Waals surface area contributed by atoms with Crippen molar-refractivity contribution in [2.75, 3.05) is 0 Å². The summed E-state index contributed by atoms with van der Waals surface area (Å²) in [6, 6.07) is 2.40. The molecule has 1 unspecified atom stereocenters. The topological polar surface area (TPSA) is 55.1 Å². The molecule has 1 aromatic rings. The van der Waals surface area contributed by atoms with Crippen LogP contribution >= 0.6 is 0 Å². The van der Waals surface area contributed by atoms with E-state index in [-0.39, 0.29) is 18.1 Å². The number of rotatable bonds is 5. The van der Waals surface area contributed by atoms with Gasteiger partial charge in [-0.2, -0.15) is 5.10 Å². The van der Waals surface area contributed by atoms with E-state index in [9.17, 15) is 9.90 Å². The highest BCUT2D eigenvalue weighted by molar-refractivity contribution is 5.84. The fourth-order valence-corrected chi connectivity index (χ4v) is 2.68. The number of ketones is 1. The van der Waals surface area contributed by atoms with E-state index in [4.69, 9.17) is 0 Å². The summed E-state index contributed by atoms with van der Waals surface area (Å²) in [6.07, 6.45) is 7.56. The summed E-state index contributed by atoms with van der Waals surface area (Å²) in [5.41, 5.74) is 0.773.